The fourth-order valence-corrected chi connectivity index (χ4v) is 2.75. The van der Waals surface area contributed by atoms with Gasteiger partial charge in [-0.05, 0) is 30.8 Å². The van der Waals surface area contributed by atoms with Gasteiger partial charge in [0.15, 0.2) is 5.78 Å². The molecule has 1 nitrogen and oxygen atoms in total. The predicted octanol–water partition coefficient (Wildman–Crippen LogP) is 2.57. The quantitative estimate of drug-likeness (QED) is 0.537. The van der Waals surface area contributed by atoms with Gasteiger partial charge in [0.05, 0.1) is 0 Å². The maximum Gasteiger partial charge on any atom is 0.161 e. The standard InChI is InChI=1S/C11H16O/c1-8-3-4-9-5-6-10(12)11(9,2)7-8/h5-6,8-9H,3-4,7H2,1-2H3/t8-,9-,11-/m0/s1. The minimum absolute atomic E-state index is 0.0301. The van der Waals surface area contributed by atoms with Gasteiger partial charge in [-0.3, -0.25) is 4.79 Å². The molecule has 0 N–H and O–H groups in total. The molecule has 2 aliphatic rings. The summed E-state index contributed by atoms with van der Waals surface area (Å²) in [6.07, 6.45) is 7.50. The van der Waals surface area contributed by atoms with Crippen molar-refractivity contribution in [3.05, 3.63) is 12.2 Å². The summed E-state index contributed by atoms with van der Waals surface area (Å²) in [5.74, 6) is 1.63. The van der Waals surface area contributed by atoms with Crippen molar-refractivity contribution in [2.75, 3.05) is 0 Å². The van der Waals surface area contributed by atoms with Gasteiger partial charge in [0.2, 0.25) is 0 Å². The Labute approximate surface area is 73.8 Å². The minimum atomic E-state index is -0.0301. The molecule has 1 saturated carbocycles. The van der Waals surface area contributed by atoms with E-state index in [0.29, 0.717) is 11.7 Å². The first-order chi connectivity index (χ1) is 5.63. The van der Waals surface area contributed by atoms with Gasteiger partial charge in [-0.1, -0.05) is 26.3 Å². The molecule has 0 aromatic carbocycles. The Morgan fingerprint density at radius 2 is 2.25 bits per heavy atom. The third kappa shape index (κ3) is 0.954. The number of rotatable bonds is 0. The molecule has 0 heterocycles. The number of allylic oxidation sites excluding steroid dienone is 2. The van der Waals surface area contributed by atoms with Crippen LogP contribution in [0.15, 0.2) is 12.2 Å². The number of hydrogen-bond acceptors (Lipinski definition) is 1. The van der Waals surface area contributed by atoms with Gasteiger partial charge in [-0.25, -0.2) is 0 Å². The molecular formula is C11H16O. The molecule has 0 aromatic heterocycles. The van der Waals surface area contributed by atoms with Crippen LogP contribution in [0.4, 0.5) is 0 Å². The Kier molecular flexibility index (Phi) is 1.64. The van der Waals surface area contributed by atoms with E-state index in [1.807, 2.05) is 0 Å². The van der Waals surface area contributed by atoms with Crippen LogP contribution >= 0.6 is 0 Å². The molecule has 66 valence electrons. The van der Waals surface area contributed by atoms with E-state index in [1.54, 1.807) is 6.08 Å². The van der Waals surface area contributed by atoms with Crippen molar-refractivity contribution in [1.82, 2.24) is 0 Å². The molecule has 12 heavy (non-hydrogen) atoms. The van der Waals surface area contributed by atoms with Gasteiger partial charge in [-0.15, -0.1) is 0 Å². The predicted molar refractivity (Wildman–Crippen MR) is 48.8 cm³/mol. The smallest absolute Gasteiger partial charge is 0.161 e. The molecule has 0 bridgehead atoms. The summed E-state index contributed by atoms with van der Waals surface area (Å²) in [5.41, 5.74) is -0.0301. The summed E-state index contributed by atoms with van der Waals surface area (Å²) in [5, 5.41) is 0. The largest absolute Gasteiger partial charge is 0.294 e. The number of hydrogen-bond donors (Lipinski definition) is 0. The molecule has 0 amide bonds. The summed E-state index contributed by atoms with van der Waals surface area (Å²) >= 11 is 0. The molecular weight excluding hydrogens is 148 g/mol. The number of ketones is 1. The monoisotopic (exact) mass is 164 g/mol. The molecule has 0 unspecified atom stereocenters. The van der Waals surface area contributed by atoms with E-state index < -0.39 is 0 Å². The van der Waals surface area contributed by atoms with Crippen molar-refractivity contribution in [3.8, 4) is 0 Å². The van der Waals surface area contributed by atoms with Crippen LogP contribution in [0.5, 0.6) is 0 Å². The first-order valence-corrected chi connectivity index (χ1v) is 4.85. The molecule has 0 spiro atoms. The summed E-state index contributed by atoms with van der Waals surface area (Å²) in [4.78, 5) is 11.6. The molecule has 0 saturated heterocycles. The Bertz CT molecular complexity index is 241. The number of fused-ring (bicyclic) bond motifs is 1. The lowest BCUT2D eigenvalue weighted by molar-refractivity contribution is -0.125. The van der Waals surface area contributed by atoms with Crippen LogP contribution in [0.1, 0.15) is 33.1 Å². The topological polar surface area (TPSA) is 17.1 Å². The lowest BCUT2D eigenvalue weighted by atomic mass is 9.65. The van der Waals surface area contributed by atoms with Crippen molar-refractivity contribution in [2.24, 2.45) is 17.3 Å². The third-order valence-corrected chi connectivity index (χ3v) is 3.60. The summed E-state index contributed by atoms with van der Waals surface area (Å²) in [7, 11) is 0. The van der Waals surface area contributed by atoms with Crippen LogP contribution in [0.3, 0.4) is 0 Å². The SMILES string of the molecule is C[C@H]1CC[C@H]2C=CC(=O)[C@@]2(C)C1. The van der Waals surface area contributed by atoms with Crippen LogP contribution in [-0.4, -0.2) is 5.78 Å². The van der Waals surface area contributed by atoms with Gasteiger partial charge >= 0.3 is 0 Å². The number of carbonyl (C=O) groups is 1. The Hall–Kier alpha value is -0.590. The highest BCUT2D eigenvalue weighted by Crippen LogP contribution is 2.48. The second-order valence-electron chi connectivity index (χ2n) is 4.63. The minimum Gasteiger partial charge on any atom is -0.294 e. The Balaban J connectivity index is 2.25. The first kappa shape index (κ1) is 8.03. The summed E-state index contributed by atoms with van der Waals surface area (Å²) in [6.45, 7) is 4.39. The van der Waals surface area contributed by atoms with E-state index in [2.05, 4.69) is 19.9 Å². The average molecular weight is 164 g/mol. The highest BCUT2D eigenvalue weighted by molar-refractivity contribution is 5.97. The van der Waals surface area contributed by atoms with E-state index in [9.17, 15) is 4.79 Å². The van der Waals surface area contributed by atoms with Gasteiger partial charge in [0, 0.05) is 5.41 Å². The van der Waals surface area contributed by atoms with Gasteiger partial charge in [0.25, 0.3) is 0 Å². The fraction of sp³-hybridized carbons (Fsp3) is 0.727. The van der Waals surface area contributed by atoms with Crippen molar-refractivity contribution in [1.29, 1.82) is 0 Å². The van der Waals surface area contributed by atoms with E-state index in [-0.39, 0.29) is 5.41 Å². The number of carbonyl (C=O) groups excluding carboxylic acids is 1. The average Bonchev–Trinajstić information content (AvgIpc) is 2.28. The van der Waals surface area contributed by atoms with Crippen LogP contribution < -0.4 is 0 Å². The lowest BCUT2D eigenvalue weighted by Gasteiger charge is -2.37. The Morgan fingerprint density at radius 1 is 1.50 bits per heavy atom. The zero-order valence-electron chi connectivity index (χ0n) is 7.84. The van der Waals surface area contributed by atoms with Gasteiger partial charge < -0.3 is 0 Å². The molecule has 1 heteroatoms. The zero-order chi connectivity index (χ0) is 8.77. The van der Waals surface area contributed by atoms with Crippen LogP contribution in [-0.2, 0) is 4.79 Å². The van der Waals surface area contributed by atoms with Gasteiger partial charge in [-0.2, -0.15) is 0 Å². The highest BCUT2D eigenvalue weighted by atomic mass is 16.1. The molecule has 1 fully saturated rings. The molecule has 0 aliphatic heterocycles. The van der Waals surface area contributed by atoms with Crippen LogP contribution in [0.25, 0.3) is 0 Å². The second-order valence-corrected chi connectivity index (χ2v) is 4.63. The van der Waals surface area contributed by atoms with Crippen LogP contribution in [0.2, 0.25) is 0 Å². The lowest BCUT2D eigenvalue weighted by Crippen LogP contribution is -2.35. The zero-order valence-corrected chi connectivity index (χ0v) is 7.84. The van der Waals surface area contributed by atoms with E-state index in [0.717, 1.165) is 12.3 Å². The molecule has 2 aliphatic carbocycles. The normalized spacial score (nSPS) is 46.3. The highest BCUT2D eigenvalue weighted by Gasteiger charge is 2.45. The maximum atomic E-state index is 11.6. The van der Waals surface area contributed by atoms with E-state index in [1.165, 1.54) is 12.8 Å². The fourth-order valence-electron chi connectivity index (χ4n) is 2.75. The maximum absolute atomic E-state index is 11.6. The van der Waals surface area contributed by atoms with Crippen LogP contribution in [0, 0.1) is 17.3 Å². The Morgan fingerprint density at radius 3 is 3.00 bits per heavy atom. The van der Waals surface area contributed by atoms with Crippen molar-refractivity contribution < 1.29 is 4.79 Å². The molecule has 0 aromatic rings. The van der Waals surface area contributed by atoms with Crippen molar-refractivity contribution >= 4 is 5.78 Å². The molecule has 3 atom stereocenters. The third-order valence-electron chi connectivity index (χ3n) is 3.60. The van der Waals surface area contributed by atoms with Gasteiger partial charge in [0.1, 0.15) is 0 Å². The molecule has 2 rings (SSSR count). The first-order valence-electron chi connectivity index (χ1n) is 4.85. The van der Waals surface area contributed by atoms with Crippen molar-refractivity contribution in [2.45, 2.75) is 33.1 Å². The van der Waals surface area contributed by atoms with Crippen molar-refractivity contribution in [3.63, 3.8) is 0 Å². The summed E-state index contributed by atoms with van der Waals surface area (Å²) < 4.78 is 0. The summed E-state index contributed by atoms with van der Waals surface area (Å²) in [6, 6.07) is 0. The molecule has 0 radical (unpaired) electrons. The van der Waals surface area contributed by atoms with E-state index in [4.69, 9.17) is 0 Å². The van der Waals surface area contributed by atoms with E-state index >= 15 is 0 Å². The second kappa shape index (κ2) is 2.45.